The summed E-state index contributed by atoms with van der Waals surface area (Å²) in [5.74, 6) is 0.729. The van der Waals surface area contributed by atoms with Gasteiger partial charge in [-0.15, -0.1) is 0 Å². The maximum absolute atomic E-state index is 9.61. The summed E-state index contributed by atoms with van der Waals surface area (Å²) in [6, 6.07) is 27.4. The van der Waals surface area contributed by atoms with E-state index in [9.17, 15) is 10.2 Å². The maximum Gasteiger partial charge on any atom is 0.115 e. The number of aromatic hydroxyl groups is 2. The lowest BCUT2D eigenvalue weighted by atomic mass is 9.84. The van der Waals surface area contributed by atoms with Crippen LogP contribution in [-0.4, -0.2) is 10.2 Å². The molecule has 4 aromatic rings. The number of nitrogens with two attached hydrogens (primary N) is 2. The number of benzene rings is 4. The molecule has 0 fully saturated rings. The van der Waals surface area contributed by atoms with Crippen LogP contribution in [0.1, 0.15) is 41.5 Å². The summed E-state index contributed by atoms with van der Waals surface area (Å²) in [6.45, 7) is 3.07. The minimum Gasteiger partial charge on any atom is -0.508 e. The molecule has 0 saturated heterocycles. The fraction of sp³-hybridized carbons (Fsp3) is 0.172. The molecular weight excluding hydrogens is 408 g/mol. The second kappa shape index (κ2) is 9.90. The van der Waals surface area contributed by atoms with Gasteiger partial charge in [0.25, 0.3) is 0 Å². The molecule has 0 aliphatic carbocycles. The van der Waals surface area contributed by atoms with E-state index in [1.807, 2.05) is 24.3 Å². The van der Waals surface area contributed by atoms with Gasteiger partial charge in [0.2, 0.25) is 0 Å². The average Bonchev–Trinajstić information content (AvgIpc) is 2.85. The van der Waals surface area contributed by atoms with E-state index in [-0.39, 0.29) is 17.4 Å². The molecule has 0 saturated carbocycles. The Hall–Kier alpha value is -3.60. The van der Waals surface area contributed by atoms with Crippen molar-refractivity contribution in [3.05, 3.63) is 107 Å². The van der Waals surface area contributed by atoms with E-state index in [0.717, 1.165) is 39.8 Å². The minimum absolute atomic E-state index is 0.225. The summed E-state index contributed by atoms with van der Waals surface area (Å²) < 4.78 is 0. The smallest absolute Gasteiger partial charge is 0.115 e. The maximum atomic E-state index is 9.61. The zero-order valence-corrected chi connectivity index (χ0v) is 18.8. The van der Waals surface area contributed by atoms with Crippen molar-refractivity contribution >= 4 is 0 Å². The van der Waals surface area contributed by atoms with Gasteiger partial charge in [0.15, 0.2) is 0 Å². The summed E-state index contributed by atoms with van der Waals surface area (Å²) in [4.78, 5) is 0. The van der Waals surface area contributed by atoms with Crippen molar-refractivity contribution in [1.29, 1.82) is 0 Å². The van der Waals surface area contributed by atoms with Crippen molar-refractivity contribution in [1.82, 2.24) is 0 Å². The lowest BCUT2D eigenvalue weighted by Gasteiger charge is -2.21. The van der Waals surface area contributed by atoms with Crippen LogP contribution in [0.2, 0.25) is 0 Å². The Morgan fingerprint density at radius 3 is 1.33 bits per heavy atom. The Labute approximate surface area is 195 Å². The van der Waals surface area contributed by atoms with Crippen molar-refractivity contribution in [3.8, 4) is 33.8 Å². The number of hydrogen-bond donors (Lipinski definition) is 4. The van der Waals surface area contributed by atoms with Gasteiger partial charge in [-0.2, -0.15) is 0 Å². The molecule has 0 heterocycles. The lowest BCUT2D eigenvalue weighted by Crippen LogP contribution is -2.06. The van der Waals surface area contributed by atoms with E-state index in [4.69, 9.17) is 11.5 Å². The van der Waals surface area contributed by atoms with Gasteiger partial charge < -0.3 is 21.7 Å². The highest BCUT2D eigenvalue weighted by Gasteiger charge is 2.16. The van der Waals surface area contributed by atoms with E-state index in [1.165, 1.54) is 11.1 Å². The molecule has 33 heavy (non-hydrogen) atoms. The van der Waals surface area contributed by atoms with Crippen LogP contribution in [0.3, 0.4) is 0 Å². The van der Waals surface area contributed by atoms with E-state index in [1.54, 1.807) is 24.3 Å². The highest BCUT2D eigenvalue weighted by atomic mass is 16.3. The van der Waals surface area contributed by atoms with Crippen LogP contribution < -0.4 is 11.5 Å². The van der Waals surface area contributed by atoms with E-state index in [2.05, 4.69) is 43.3 Å². The highest BCUT2D eigenvalue weighted by molar-refractivity contribution is 5.70. The molecule has 0 aromatic heterocycles. The Bertz CT molecular complexity index is 1130. The molecule has 0 aliphatic rings. The van der Waals surface area contributed by atoms with Crippen LogP contribution in [0.15, 0.2) is 84.9 Å². The summed E-state index contributed by atoms with van der Waals surface area (Å²) in [5.41, 5.74) is 21.1. The topological polar surface area (TPSA) is 92.5 Å². The molecule has 0 bridgehead atoms. The van der Waals surface area contributed by atoms with Gasteiger partial charge in [0.05, 0.1) is 0 Å². The first-order chi connectivity index (χ1) is 16.0. The molecule has 0 unspecified atom stereocenters. The number of hydrogen-bond acceptors (Lipinski definition) is 4. The molecule has 0 atom stereocenters. The second-order valence-corrected chi connectivity index (χ2v) is 8.30. The van der Waals surface area contributed by atoms with Crippen LogP contribution in [0, 0.1) is 0 Å². The van der Waals surface area contributed by atoms with E-state index < -0.39 is 0 Å². The second-order valence-electron chi connectivity index (χ2n) is 8.30. The first kappa shape index (κ1) is 22.6. The zero-order chi connectivity index (χ0) is 23.4. The minimum atomic E-state index is 0.225. The molecule has 4 heteroatoms. The van der Waals surface area contributed by atoms with Gasteiger partial charge in [-0.1, -0.05) is 67.6 Å². The van der Waals surface area contributed by atoms with Gasteiger partial charge in [-0.25, -0.2) is 0 Å². The van der Waals surface area contributed by atoms with Crippen LogP contribution in [0.25, 0.3) is 22.3 Å². The quantitative estimate of drug-likeness (QED) is 0.289. The third-order valence-electron chi connectivity index (χ3n) is 6.27. The number of phenols is 2. The van der Waals surface area contributed by atoms with Gasteiger partial charge in [0, 0.05) is 19.0 Å². The summed E-state index contributed by atoms with van der Waals surface area (Å²) in [7, 11) is 0. The Kier molecular flexibility index (Phi) is 6.78. The normalized spacial score (nSPS) is 11.2. The van der Waals surface area contributed by atoms with Crippen molar-refractivity contribution in [2.45, 2.75) is 32.4 Å². The van der Waals surface area contributed by atoms with Gasteiger partial charge in [0.1, 0.15) is 11.5 Å². The highest BCUT2D eigenvalue weighted by Crippen LogP contribution is 2.35. The predicted octanol–water partition coefficient (Wildman–Crippen LogP) is 5.89. The first-order valence-electron chi connectivity index (χ1n) is 11.3. The lowest BCUT2D eigenvalue weighted by molar-refractivity contribution is 0.475. The van der Waals surface area contributed by atoms with Crippen LogP contribution >= 0.6 is 0 Å². The molecule has 4 nitrogen and oxygen atoms in total. The largest absolute Gasteiger partial charge is 0.508 e. The molecule has 4 rings (SSSR count). The Morgan fingerprint density at radius 2 is 1.00 bits per heavy atom. The number of rotatable bonds is 7. The Morgan fingerprint density at radius 1 is 0.606 bits per heavy atom. The van der Waals surface area contributed by atoms with Crippen molar-refractivity contribution in [2.24, 2.45) is 11.5 Å². The van der Waals surface area contributed by atoms with Crippen LogP contribution in [0.4, 0.5) is 0 Å². The predicted molar refractivity (Wildman–Crippen MR) is 135 cm³/mol. The molecule has 0 aliphatic heterocycles. The SMILES string of the molecule is CCC(c1ccc(-c2ccc(O)cc2)c(CN)c1)c1ccc(-c2ccc(O)cc2)c(CN)c1. The first-order valence-corrected chi connectivity index (χ1v) is 11.3. The monoisotopic (exact) mass is 438 g/mol. The summed E-state index contributed by atoms with van der Waals surface area (Å²) in [6.07, 6.45) is 0.950. The standard InChI is InChI=1S/C29H30N2O2/c1-2-27(21-7-13-28(23(15-21)17-30)19-3-9-25(32)10-4-19)22-8-14-29(24(16-22)18-31)20-5-11-26(33)12-6-20/h3-16,27,32-33H,2,17-18,30-31H2,1H3. The van der Waals surface area contributed by atoms with Crippen molar-refractivity contribution in [2.75, 3.05) is 0 Å². The van der Waals surface area contributed by atoms with Gasteiger partial charge >= 0.3 is 0 Å². The van der Waals surface area contributed by atoms with Crippen molar-refractivity contribution in [3.63, 3.8) is 0 Å². The summed E-state index contributed by atoms with van der Waals surface area (Å²) >= 11 is 0. The van der Waals surface area contributed by atoms with Gasteiger partial charge in [-0.05, 0) is 75.2 Å². The zero-order valence-electron chi connectivity index (χ0n) is 18.8. The molecule has 0 radical (unpaired) electrons. The fourth-order valence-electron chi connectivity index (χ4n) is 4.51. The van der Waals surface area contributed by atoms with Gasteiger partial charge in [-0.3, -0.25) is 0 Å². The third kappa shape index (κ3) is 4.77. The molecule has 0 amide bonds. The number of phenolic OH excluding ortho intramolecular Hbond substituents is 2. The van der Waals surface area contributed by atoms with Crippen molar-refractivity contribution < 1.29 is 10.2 Å². The summed E-state index contributed by atoms with van der Waals surface area (Å²) in [5, 5.41) is 19.2. The third-order valence-corrected chi connectivity index (χ3v) is 6.27. The molecular formula is C29H30N2O2. The van der Waals surface area contributed by atoms with Crippen LogP contribution in [0.5, 0.6) is 11.5 Å². The molecule has 4 aromatic carbocycles. The Balaban J connectivity index is 1.71. The van der Waals surface area contributed by atoms with E-state index in [0.29, 0.717) is 13.1 Å². The van der Waals surface area contributed by atoms with Crippen LogP contribution in [-0.2, 0) is 13.1 Å². The molecule has 6 N–H and O–H groups in total. The fourth-order valence-corrected chi connectivity index (χ4v) is 4.51. The average molecular weight is 439 g/mol. The van der Waals surface area contributed by atoms with E-state index >= 15 is 0 Å². The molecule has 168 valence electrons. The molecule has 0 spiro atoms.